The molecule has 0 saturated heterocycles. The van der Waals surface area contributed by atoms with E-state index >= 15 is 0 Å². The topological polar surface area (TPSA) is 49.7 Å². The van der Waals surface area contributed by atoms with E-state index in [0.717, 1.165) is 0 Å². The van der Waals surface area contributed by atoms with Crippen LogP contribution < -0.4 is 0 Å². The number of nitrogens with zero attached hydrogens (tertiary/aromatic N) is 1. The second-order valence-electron chi connectivity index (χ2n) is 4.15. The van der Waals surface area contributed by atoms with E-state index in [4.69, 9.17) is 0 Å². The highest BCUT2D eigenvalue weighted by atomic mass is 32.2. The van der Waals surface area contributed by atoms with E-state index in [2.05, 4.69) is 4.40 Å². The van der Waals surface area contributed by atoms with Crippen LogP contribution >= 0.6 is 0 Å². The summed E-state index contributed by atoms with van der Waals surface area (Å²) in [6, 6.07) is 6.81. The summed E-state index contributed by atoms with van der Waals surface area (Å²) in [5, 5.41) is 9.44. The van der Waals surface area contributed by atoms with Gasteiger partial charge in [0.05, 0.1) is 4.75 Å². The number of aromatic hydroxyl groups is 1. The SMILES string of the molecule is CC(C)(C)[S@@](=O)N=Cc1ccccc1O. The fourth-order valence-electron chi connectivity index (χ4n) is 0.859. The number of benzene rings is 1. The molecule has 1 aromatic rings. The van der Waals surface area contributed by atoms with Gasteiger partial charge in [-0.05, 0) is 32.9 Å². The first-order valence-electron chi connectivity index (χ1n) is 4.65. The molecule has 0 radical (unpaired) electrons. The molecule has 0 aliphatic carbocycles. The highest BCUT2D eigenvalue weighted by Gasteiger charge is 2.18. The molecule has 1 rings (SSSR count). The monoisotopic (exact) mass is 225 g/mol. The van der Waals surface area contributed by atoms with Gasteiger partial charge in [0.1, 0.15) is 16.7 Å². The zero-order valence-corrected chi connectivity index (χ0v) is 9.91. The molecule has 15 heavy (non-hydrogen) atoms. The highest BCUT2D eigenvalue weighted by molar-refractivity contribution is 7.85. The van der Waals surface area contributed by atoms with Crippen molar-refractivity contribution in [2.75, 3.05) is 0 Å². The third-order valence-corrected chi connectivity index (χ3v) is 3.09. The molecule has 0 bridgehead atoms. The Balaban J connectivity index is 2.84. The van der Waals surface area contributed by atoms with Crippen molar-refractivity contribution in [1.82, 2.24) is 0 Å². The van der Waals surface area contributed by atoms with E-state index in [9.17, 15) is 9.32 Å². The minimum Gasteiger partial charge on any atom is -0.507 e. The fraction of sp³-hybridized carbons (Fsp3) is 0.364. The second-order valence-corrected chi connectivity index (χ2v) is 6.09. The Labute approximate surface area is 92.5 Å². The molecule has 0 heterocycles. The molecule has 0 aliphatic heterocycles. The molecule has 0 unspecified atom stereocenters. The van der Waals surface area contributed by atoms with Crippen LogP contribution in [0.4, 0.5) is 0 Å². The van der Waals surface area contributed by atoms with Crippen LogP contribution in [-0.4, -0.2) is 20.3 Å². The van der Waals surface area contributed by atoms with Crippen LogP contribution in [0.2, 0.25) is 0 Å². The van der Waals surface area contributed by atoms with Gasteiger partial charge in [-0.3, -0.25) is 0 Å². The summed E-state index contributed by atoms with van der Waals surface area (Å²) < 4.78 is 15.1. The van der Waals surface area contributed by atoms with Crippen molar-refractivity contribution in [3.8, 4) is 5.75 Å². The van der Waals surface area contributed by atoms with Gasteiger partial charge in [-0.2, -0.15) is 4.40 Å². The van der Waals surface area contributed by atoms with Crippen molar-refractivity contribution < 1.29 is 9.32 Å². The van der Waals surface area contributed by atoms with Gasteiger partial charge in [0.25, 0.3) is 0 Å². The normalized spacial score (nSPS) is 14.3. The smallest absolute Gasteiger partial charge is 0.144 e. The molecule has 0 amide bonds. The lowest BCUT2D eigenvalue weighted by atomic mass is 10.2. The maximum Gasteiger partial charge on any atom is 0.144 e. The minimum atomic E-state index is -1.29. The van der Waals surface area contributed by atoms with Crippen LogP contribution in [-0.2, 0) is 11.0 Å². The molecule has 0 saturated carbocycles. The van der Waals surface area contributed by atoms with Crippen molar-refractivity contribution >= 4 is 17.2 Å². The van der Waals surface area contributed by atoms with E-state index in [1.54, 1.807) is 24.3 Å². The first-order chi connectivity index (χ1) is 6.91. The molecule has 1 N–H and O–H groups in total. The Morgan fingerprint density at radius 1 is 1.33 bits per heavy atom. The number of hydrogen-bond acceptors (Lipinski definition) is 2. The van der Waals surface area contributed by atoms with Crippen LogP contribution in [0.1, 0.15) is 26.3 Å². The predicted octanol–water partition coefficient (Wildman–Crippen LogP) is 2.27. The second kappa shape index (κ2) is 4.57. The lowest BCUT2D eigenvalue weighted by molar-refractivity contribution is 0.474. The molecule has 82 valence electrons. The first kappa shape index (κ1) is 11.9. The third kappa shape index (κ3) is 3.47. The Bertz CT molecular complexity index is 394. The molecule has 1 aromatic carbocycles. The Morgan fingerprint density at radius 3 is 2.47 bits per heavy atom. The van der Waals surface area contributed by atoms with Gasteiger partial charge in [-0.1, -0.05) is 12.1 Å². The van der Waals surface area contributed by atoms with E-state index in [1.165, 1.54) is 6.21 Å². The molecule has 0 spiro atoms. The van der Waals surface area contributed by atoms with Crippen LogP contribution in [0.15, 0.2) is 28.7 Å². The van der Waals surface area contributed by atoms with E-state index in [0.29, 0.717) is 5.56 Å². The summed E-state index contributed by atoms with van der Waals surface area (Å²) >= 11 is 0. The van der Waals surface area contributed by atoms with Crippen molar-refractivity contribution in [3.63, 3.8) is 0 Å². The molecule has 0 aromatic heterocycles. The van der Waals surface area contributed by atoms with Gasteiger partial charge < -0.3 is 5.11 Å². The number of para-hydroxylation sites is 1. The van der Waals surface area contributed by atoms with Gasteiger partial charge in [0.2, 0.25) is 0 Å². The van der Waals surface area contributed by atoms with E-state index in [1.807, 2.05) is 20.8 Å². The number of phenols is 1. The average Bonchev–Trinajstić information content (AvgIpc) is 2.14. The van der Waals surface area contributed by atoms with Crippen LogP contribution in [0.5, 0.6) is 5.75 Å². The molecule has 1 atom stereocenters. The Morgan fingerprint density at radius 2 is 1.93 bits per heavy atom. The van der Waals surface area contributed by atoms with Crippen molar-refractivity contribution in [1.29, 1.82) is 0 Å². The van der Waals surface area contributed by atoms with E-state index in [-0.39, 0.29) is 10.5 Å². The Hall–Kier alpha value is -1.16. The van der Waals surface area contributed by atoms with Crippen molar-refractivity contribution in [2.24, 2.45) is 4.40 Å². The van der Waals surface area contributed by atoms with Gasteiger partial charge in [-0.25, -0.2) is 4.21 Å². The van der Waals surface area contributed by atoms with E-state index < -0.39 is 11.0 Å². The quantitative estimate of drug-likeness (QED) is 0.785. The molecule has 0 fully saturated rings. The highest BCUT2D eigenvalue weighted by Crippen LogP contribution is 2.15. The predicted molar refractivity (Wildman–Crippen MR) is 63.6 cm³/mol. The summed E-state index contributed by atoms with van der Waals surface area (Å²) in [5.74, 6) is 0.146. The zero-order valence-electron chi connectivity index (χ0n) is 9.10. The molecule has 4 heteroatoms. The summed E-state index contributed by atoms with van der Waals surface area (Å²) in [4.78, 5) is 0. The fourth-order valence-corrected chi connectivity index (χ4v) is 1.38. The van der Waals surface area contributed by atoms with Crippen molar-refractivity contribution in [2.45, 2.75) is 25.5 Å². The summed E-state index contributed by atoms with van der Waals surface area (Å²) in [5.41, 5.74) is 0.579. The maximum absolute atomic E-state index is 11.6. The van der Waals surface area contributed by atoms with Gasteiger partial charge in [-0.15, -0.1) is 0 Å². The minimum absolute atomic E-state index is 0.146. The largest absolute Gasteiger partial charge is 0.507 e. The zero-order chi connectivity index (χ0) is 11.5. The van der Waals surface area contributed by atoms with Crippen molar-refractivity contribution in [3.05, 3.63) is 29.8 Å². The molecular formula is C11H15NO2S. The molecular weight excluding hydrogens is 210 g/mol. The summed E-state index contributed by atoms with van der Waals surface area (Å²) in [7, 11) is -1.29. The first-order valence-corrected chi connectivity index (χ1v) is 5.76. The number of rotatable bonds is 2. The molecule has 3 nitrogen and oxygen atoms in total. The maximum atomic E-state index is 11.6. The summed E-state index contributed by atoms with van der Waals surface area (Å²) in [6.45, 7) is 5.56. The number of hydrogen-bond donors (Lipinski definition) is 1. The standard InChI is InChI=1S/C11H15NO2S/c1-11(2,3)15(14)12-8-9-6-4-5-7-10(9)13/h4-8,13H,1-3H3/t15-/m1/s1. The average molecular weight is 225 g/mol. The van der Waals surface area contributed by atoms with Crippen LogP contribution in [0, 0.1) is 0 Å². The Kier molecular flexibility index (Phi) is 3.63. The lowest BCUT2D eigenvalue weighted by Gasteiger charge is -2.12. The van der Waals surface area contributed by atoms with Gasteiger partial charge >= 0.3 is 0 Å². The van der Waals surface area contributed by atoms with Crippen LogP contribution in [0.3, 0.4) is 0 Å². The van der Waals surface area contributed by atoms with Crippen LogP contribution in [0.25, 0.3) is 0 Å². The number of phenolic OH excluding ortho intramolecular Hbond substituents is 1. The van der Waals surface area contributed by atoms with Gasteiger partial charge in [0.15, 0.2) is 0 Å². The molecule has 0 aliphatic rings. The van der Waals surface area contributed by atoms with Gasteiger partial charge in [0, 0.05) is 11.8 Å². The third-order valence-electron chi connectivity index (χ3n) is 1.75. The summed E-state index contributed by atoms with van der Waals surface area (Å²) in [6.07, 6.45) is 1.44. The lowest BCUT2D eigenvalue weighted by Crippen LogP contribution is -2.19.